The third-order valence-corrected chi connectivity index (χ3v) is 5.65. The number of aromatic nitrogens is 2. The minimum atomic E-state index is -0.500. The number of ether oxygens (including phenoxy) is 1. The van der Waals surface area contributed by atoms with Crippen LogP contribution in [0.5, 0.6) is 0 Å². The van der Waals surface area contributed by atoms with Crippen molar-refractivity contribution in [3.05, 3.63) is 59.7 Å². The first kappa shape index (κ1) is 21.2. The molecule has 1 aliphatic rings. The second-order valence-electron chi connectivity index (χ2n) is 9.34. The summed E-state index contributed by atoms with van der Waals surface area (Å²) < 4.78 is 7.76. The van der Waals surface area contributed by atoms with Gasteiger partial charge in [0.15, 0.2) is 0 Å². The molecule has 1 atom stereocenters. The molecule has 1 amide bonds. The van der Waals surface area contributed by atoms with Gasteiger partial charge in [0.1, 0.15) is 5.60 Å². The van der Waals surface area contributed by atoms with Crippen LogP contribution in [0.3, 0.4) is 0 Å². The molecule has 1 unspecified atom stereocenters. The lowest BCUT2D eigenvalue weighted by molar-refractivity contribution is 0.0500. The first-order valence-corrected chi connectivity index (χ1v) is 11.0. The number of fused-ring (bicyclic) bond motifs is 1. The van der Waals surface area contributed by atoms with Crippen LogP contribution in [0, 0.1) is 6.92 Å². The highest BCUT2D eigenvalue weighted by Crippen LogP contribution is 2.27. The van der Waals surface area contributed by atoms with E-state index in [2.05, 4.69) is 64.2 Å². The number of anilines is 1. The van der Waals surface area contributed by atoms with Gasteiger partial charge in [-0.05, 0) is 63.8 Å². The highest BCUT2D eigenvalue weighted by molar-refractivity contribution is 5.79. The lowest BCUT2D eigenvalue weighted by atomic mass is 10.1. The van der Waals surface area contributed by atoms with Gasteiger partial charge in [0.25, 0.3) is 0 Å². The van der Waals surface area contributed by atoms with Crippen LogP contribution in [0.2, 0.25) is 0 Å². The van der Waals surface area contributed by atoms with Crippen LogP contribution in [0.15, 0.2) is 48.5 Å². The predicted molar refractivity (Wildman–Crippen MR) is 125 cm³/mol. The fourth-order valence-electron chi connectivity index (χ4n) is 4.17. The molecule has 1 fully saturated rings. The first-order chi connectivity index (χ1) is 14.8. The zero-order valence-electron chi connectivity index (χ0n) is 18.9. The highest BCUT2D eigenvalue weighted by Gasteiger charge is 2.27. The lowest BCUT2D eigenvalue weighted by Crippen LogP contribution is -2.49. The van der Waals surface area contributed by atoms with Crippen molar-refractivity contribution in [2.45, 2.75) is 58.7 Å². The Hall–Kier alpha value is -3.02. The van der Waals surface area contributed by atoms with Gasteiger partial charge < -0.3 is 19.5 Å². The van der Waals surface area contributed by atoms with Crippen molar-refractivity contribution < 1.29 is 9.53 Å². The number of aryl methyl sites for hydroxylation is 1. The Kier molecular flexibility index (Phi) is 5.90. The fourth-order valence-corrected chi connectivity index (χ4v) is 4.17. The molecule has 0 bridgehead atoms. The third kappa shape index (κ3) is 5.01. The van der Waals surface area contributed by atoms with Crippen LogP contribution in [0.1, 0.15) is 44.7 Å². The van der Waals surface area contributed by atoms with Crippen molar-refractivity contribution in [3.63, 3.8) is 0 Å². The van der Waals surface area contributed by atoms with E-state index >= 15 is 0 Å². The maximum atomic E-state index is 12.3. The van der Waals surface area contributed by atoms with E-state index in [1.165, 1.54) is 11.1 Å². The zero-order valence-corrected chi connectivity index (χ0v) is 18.9. The maximum absolute atomic E-state index is 12.3. The SMILES string of the molecule is Cc1ccccc1Cn1c(N2CCCC(NC(=O)OC(C)(C)C)C2)nc2ccccc21. The predicted octanol–water partition coefficient (Wildman–Crippen LogP) is 4.89. The van der Waals surface area contributed by atoms with E-state index in [0.717, 1.165) is 49.5 Å². The topological polar surface area (TPSA) is 59.4 Å². The molecule has 1 aromatic heterocycles. The van der Waals surface area contributed by atoms with Crippen LogP contribution in [0.4, 0.5) is 10.7 Å². The van der Waals surface area contributed by atoms with E-state index in [9.17, 15) is 4.79 Å². The molecule has 164 valence electrons. The summed E-state index contributed by atoms with van der Waals surface area (Å²) in [5.74, 6) is 0.958. The van der Waals surface area contributed by atoms with Crippen molar-refractivity contribution in [1.29, 1.82) is 0 Å². The molecule has 31 heavy (non-hydrogen) atoms. The number of amides is 1. The molecule has 0 spiro atoms. The fraction of sp³-hybridized carbons (Fsp3) is 0.440. The van der Waals surface area contributed by atoms with Crippen LogP contribution in [0.25, 0.3) is 11.0 Å². The molecule has 1 aliphatic heterocycles. The van der Waals surface area contributed by atoms with Crippen molar-refractivity contribution in [3.8, 4) is 0 Å². The molecule has 6 nitrogen and oxygen atoms in total. The molecule has 1 N–H and O–H groups in total. The van der Waals surface area contributed by atoms with Crippen LogP contribution in [-0.4, -0.2) is 40.4 Å². The summed E-state index contributed by atoms with van der Waals surface area (Å²) in [4.78, 5) is 19.6. The monoisotopic (exact) mass is 420 g/mol. The Morgan fingerprint density at radius 2 is 1.90 bits per heavy atom. The van der Waals surface area contributed by atoms with Gasteiger partial charge in [-0.3, -0.25) is 0 Å². The number of carbonyl (C=O) groups excluding carboxylic acids is 1. The largest absolute Gasteiger partial charge is 0.444 e. The van der Waals surface area contributed by atoms with Crippen LogP contribution >= 0.6 is 0 Å². The number of carbonyl (C=O) groups is 1. The number of hydrogen-bond donors (Lipinski definition) is 1. The molecule has 0 saturated carbocycles. The first-order valence-electron chi connectivity index (χ1n) is 11.0. The van der Waals surface area contributed by atoms with Gasteiger partial charge in [-0.15, -0.1) is 0 Å². The second-order valence-corrected chi connectivity index (χ2v) is 9.34. The van der Waals surface area contributed by atoms with Crippen molar-refractivity contribution in [2.75, 3.05) is 18.0 Å². The summed E-state index contributed by atoms with van der Waals surface area (Å²) in [6.07, 6.45) is 1.58. The van der Waals surface area contributed by atoms with Gasteiger partial charge in [0.2, 0.25) is 5.95 Å². The Labute approximate surface area is 184 Å². The number of rotatable bonds is 4. The van der Waals surface area contributed by atoms with Gasteiger partial charge in [-0.25, -0.2) is 9.78 Å². The summed E-state index contributed by atoms with van der Waals surface area (Å²) in [5.41, 5.74) is 4.18. The molecular weight excluding hydrogens is 388 g/mol. The van der Waals surface area contributed by atoms with E-state index in [0.29, 0.717) is 0 Å². The van der Waals surface area contributed by atoms with Crippen LogP contribution in [-0.2, 0) is 11.3 Å². The average molecular weight is 421 g/mol. The Balaban J connectivity index is 1.60. The minimum absolute atomic E-state index is 0.0373. The van der Waals surface area contributed by atoms with Gasteiger partial charge >= 0.3 is 6.09 Å². The van der Waals surface area contributed by atoms with Gasteiger partial charge in [0, 0.05) is 19.1 Å². The number of hydrogen-bond acceptors (Lipinski definition) is 4. The van der Waals surface area contributed by atoms with E-state index in [4.69, 9.17) is 9.72 Å². The number of nitrogens with one attached hydrogen (secondary N) is 1. The number of alkyl carbamates (subject to hydrolysis) is 1. The third-order valence-electron chi connectivity index (χ3n) is 5.65. The summed E-state index contributed by atoms with van der Waals surface area (Å²) in [5, 5.41) is 3.05. The summed E-state index contributed by atoms with van der Waals surface area (Å²) in [7, 11) is 0. The molecule has 4 rings (SSSR count). The van der Waals surface area contributed by atoms with Crippen molar-refractivity contribution in [2.24, 2.45) is 0 Å². The molecule has 0 radical (unpaired) electrons. The van der Waals surface area contributed by atoms with Crippen molar-refractivity contribution >= 4 is 23.1 Å². The maximum Gasteiger partial charge on any atom is 0.407 e. The smallest absolute Gasteiger partial charge is 0.407 e. The zero-order chi connectivity index (χ0) is 22.0. The van der Waals surface area contributed by atoms with Crippen molar-refractivity contribution in [1.82, 2.24) is 14.9 Å². The molecule has 3 aromatic rings. The van der Waals surface area contributed by atoms with Gasteiger partial charge in [0.05, 0.1) is 17.6 Å². The van der Waals surface area contributed by atoms with E-state index in [-0.39, 0.29) is 12.1 Å². The average Bonchev–Trinajstić information content (AvgIpc) is 3.07. The molecular formula is C25H32N4O2. The molecule has 2 heterocycles. The molecule has 0 aliphatic carbocycles. The summed E-state index contributed by atoms with van der Waals surface area (Å²) >= 11 is 0. The Morgan fingerprint density at radius 3 is 2.68 bits per heavy atom. The minimum Gasteiger partial charge on any atom is -0.444 e. The normalized spacial score (nSPS) is 17.0. The van der Waals surface area contributed by atoms with Crippen LogP contribution < -0.4 is 10.2 Å². The second kappa shape index (κ2) is 8.61. The Bertz CT molecular complexity index is 1070. The lowest BCUT2D eigenvalue weighted by Gasteiger charge is -2.34. The van der Waals surface area contributed by atoms with E-state index in [1.807, 2.05) is 26.8 Å². The highest BCUT2D eigenvalue weighted by atomic mass is 16.6. The quantitative estimate of drug-likeness (QED) is 0.653. The number of para-hydroxylation sites is 2. The van der Waals surface area contributed by atoms with Gasteiger partial charge in [-0.1, -0.05) is 36.4 Å². The van der Waals surface area contributed by atoms with E-state index < -0.39 is 5.60 Å². The number of piperidine rings is 1. The molecule has 2 aromatic carbocycles. The van der Waals surface area contributed by atoms with E-state index in [1.54, 1.807) is 0 Å². The summed E-state index contributed by atoms with van der Waals surface area (Å²) in [6, 6.07) is 16.8. The standard InChI is InChI=1S/C25H32N4O2/c1-18-10-5-6-11-19(18)16-29-22-14-8-7-13-21(22)27-23(29)28-15-9-12-20(17-28)26-24(30)31-25(2,3)4/h5-8,10-11,13-14,20H,9,12,15-17H2,1-4H3,(H,26,30). The number of nitrogens with zero attached hydrogens (tertiary/aromatic N) is 3. The number of benzene rings is 2. The summed E-state index contributed by atoms with van der Waals surface area (Å²) in [6.45, 7) is 10.2. The Morgan fingerprint density at radius 1 is 1.16 bits per heavy atom. The van der Waals surface area contributed by atoms with Gasteiger partial charge in [-0.2, -0.15) is 0 Å². The molecule has 6 heteroatoms. The molecule has 1 saturated heterocycles. The number of imidazole rings is 1.